The molecule has 1 heterocycles. The fourth-order valence-electron chi connectivity index (χ4n) is 1.56. The highest BCUT2D eigenvalue weighted by atomic mass is 16.6. The zero-order valence-corrected chi connectivity index (χ0v) is 10.00. The molecule has 0 atom stereocenters. The van der Waals surface area contributed by atoms with Gasteiger partial charge < -0.3 is 4.98 Å². The van der Waals surface area contributed by atoms with Crippen LogP contribution in [0.2, 0.25) is 0 Å². The number of H-pyrrole nitrogens is 1. The molecule has 0 radical (unpaired) electrons. The van der Waals surface area contributed by atoms with Crippen LogP contribution >= 0.6 is 0 Å². The number of fused-ring (bicyclic) bond motifs is 1. The third kappa shape index (κ3) is 2.05. The second-order valence-corrected chi connectivity index (χ2v) is 3.36. The Bertz CT molecular complexity index is 515. The van der Waals surface area contributed by atoms with Crippen molar-refractivity contribution in [1.29, 1.82) is 0 Å². The van der Waals surface area contributed by atoms with Gasteiger partial charge in [0.05, 0.1) is 4.92 Å². The number of benzene rings is 1. The van der Waals surface area contributed by atoms with Crippen molar-refractivity contribution in [3.8, 4) is 0 Å². The molecule has 0 saturated heterocycles. The summed E-state index contributed by atoms with van der Waals surface area (Å²) in [6, 6.07) is 4.86. The van der Waals surface area contributed by atoms with Crippen LogP contribution < -0.4 is 0 Å². The summed E-state index contributed by atoms with van der Waals surface area (Å²) in [4.78, 5) is 13.4. The summed E-state index contributed by atoms with van der Waals surface area (Å²) in [6.45, 7) is 7.92. The molecule has 16 heavy (non-hydrogen) atoms. The maximum atomic E-state index is 10.6. The molecule has 1 aromatic heterocycles. The van der Waals surface area contributed by atoms with Gasteiger partial charge in [-0.2, -0.15) is 0 Å². The van der Waals surface area contributed by atoms with E-state index in [2.05, 4.69) is 4.98 Å². The van der Waals surface area contributed by atoms with Crippen molar-refractivity contribution >= 4 is 16.6 Å². The molecule has 0 saturated carbocycles. The zero-order chi connectivity index (χ0) is 12.3. The third-order valence-electron chi connectivity index (χ3n) is 2.50. The van der Waals surface area contributed by atoms with Gasteiger partial charge in [0.1, 0.15) is 0 Å². The summed E-state index contributed by atoms with van der Waals surface area (Å²) < 4.78 is 0. The van der Waals surface area contributed by atoms with Gasteiger partial charge >= 0.3 is 0 Å². The van der Waals surface area contributed by atoms with Crippen LogP contribution in [0, 0.1) is 24.0 Å². The van der Waals surface area contributed by atoms with E-state index in [4.69, 9.17) is 0 Å². The van der Waals surface area contributed by atoms with Crippen molar-refractivity contribution in [3.05, 3.63) is 39.6 Å². The van der Waals surface area contributed by atoms with Gasteiger partial charge in [0.2, 0.25) is 0 Å². The predicted octanol–water partition coefficient (Wildman–Crippen LogP) is 3.72. The first-order chi connectivity index (χ1) is 7.59. The van der Waals surface area contributed by atoms with E-state index in [-0.39, 0.29) is 10.6 Å². The normalized spacial score (nSPS) is 9.75. The number of rotatable bonds is 1. The van der Waals surface area contributed by atoms with Crippen LogP contribution in [0.15, 0.2) is 18.2 Å². The summed E-state index contributed by atoms with van der Waals surface area (Å²) in [5.41, 5.74) is 3.22. The lowest BCUT2D eigenvalue weighted by molar-refractivity contribution is -0.384. The van der Waals surface area contributed by atoms with Gasteiger partial charge in [-0.05, 0) is 25.5 Å². The summed E-state index contributed by atoms with van der Waals surface area (Å²) in [6.07, 6.45) is 0. The minimum Gasteiger partial charge on any atom is -0.358 e. The molecule has 0 bridgehead atoms. The average Bonchev–Trinajstić information content (AvgIpc) is 2.57. The minimum atomic E-state index is -0.374. The highest BCUT2D eigenvalue weighted by molar-refractivity contribution is 5.86. The summed E-state index contributed by atoms with van der Waals surface area (Å²) in [5, 5.41) is 11.5. The highest BCUT2D eigenvalue weighted by Crippen LogP contribution is 2.25. The molecular weight excluding hydrogens is 204 g/mol. The number of aryl methyl sites for hydroxylation is 2. The maximum Gasteiger partial charge on any atom is 0.270 e. The molecule has 0 fully saturated rings. The predicted molar refractivity (Wildman–Crippen MR) is 65.8 cm³/mol. The molecule has 2 rings (SSSR count). The number of nitrogens with one attached hydrogen (secondary N) is 1. The Morgan fingerprint density at radius 1 is 1.25 bits per heavy atom. The Morgan fingerprint density at radius 3 is 2.44 bits per heavy atom. The Labute approximate surface area is 94.4 Å². The quantitative estimate of drug-likeness (QED) is 0.588. The lowest BCUT2D eigenvalue weighted by Crippen LogP contribution is -1.86. The smallest absolute Gasteiger partial charge is 0.270 e. The molecule has 0 aliphatic heterocycles. The second kappa shape index (κ2) is 4.79. The summed E-state index contributed by atoms with van der Waals surface area (Å²) >= 11 is 0. The van der Waals surface area contributed by atoms with Gasteiger partial charge in [0.25, 0.3) is 5.69 Å². The monoisotopic (exact) mass is 220 g/mol. The van der Waals surface area contributed by atoms with E-state index in [1.165, 1.54) is 6.07 Å². The lowest BCUT2D eigenvalue weighted by atomic mass is 10.1. The van der Waals surface area contributed by atoms with Crippen molar-refractivity contribution in [3.63, 3.8) is 0 Å². The van der Waals surface area contributed by atoms with E-state index in [0.717, 1.165) is 22.2 Å². The number of nitro groups is 1. The van der Waals surface area contributed by atoms with Gasteiger partial charge in [-0.3, -0.25) is 10.1 Å². The van der Waals surface area contributed by atoms with Crippen LogP contribution in [0.25, 0.3) is 10.9 Å². The van der Waals surface area contributed by atoms with E-state index in [1.807, 2.05) is 27.7 Å². The van der Waals surface area contributed by atoms with E-state index >= 15 is 0 Å². The van der Waals surface area contributed by atoms with Crippen molar-refractivity contribution < 1.29 is 4.92 Å². The molecule has 4 heteroatoms. The number of aromatic nitrogens is 1. The fraction of sp³-hybridized carbons (Fsp3) is 0.333. The molecule has 4 nitrogen and oxygen atoms in total. The Kier molecular flexibility index (Phi) is 3.66. The van der Waals surface area contributed by atoms with E-state index in [0.29, 0.717) is 0 Å². The summed E-state index contributed by atoms with van der Waals surface area (Å²) in [5.74, 6) is 0. The van der Waals surface area contributed by atoms with Gasteiger partial charge in [-0.15, -0.1) is 0 Å². The van der Waals surface area contributed by atoms with E-state index in [9.17, 15) is 10.1 Å². The van der Waals surface area contributed by atoms with Crippen molar-refractivity contribution in [2.24, 2.45) is 0 Å². The first-order valence-corrected chi connectivity index (χ1v) is 5.33. The van der Waals surface area contributed by atoms with Crippen LogP contribution in [0.1, 0.15) is 25.1 Å². The molecule has 0 aliphatic carbocycles. The standard InChI is InChI=1S/C10H10N2O2.C2H6/c1-6-7(2)11-10-4-3-8(12(13)14)5-9(6)10;1-2/h3-5,11H,1-2H3;1-2H3. The molecule has 0 aliphatic rings. The van der Waals surface area contributed by atoms with Crippen LogP contribution in [-0.4, -0.2) is 9.91 Å². The van der Waals surface area contributed by atoms with Gasteiger partial charge in [0.15, 0.2) is 0 Å². The topological polar surface area (TPSA) is 58.9 Å². The third-order valence-corrected chi connectivity index (χ3v) is 2.50. The molecule has 0 amide bonds. The molecular formula is C12H16N2O2. The fourth-order valence-corrected chi connectivity index (χ4v) is 1.56. The Hall–Kier alpha value is -1.84. The second-order valence-electron chi connectivity index (χ2n) is 3.36. The van der Waals surface area contributed by atoms with Gasteiger partial charge in [-0.25, -0.2) is 0 Å². The minimum absolute atomic E-state index is 0.139. The van der Waals surface area contributed by atoms with Crippen molar-refractivity contribution in [2.45, 2.75) is 27.7 Å². The number of non-ortho nitro benzene ring substituents is 1. The van der Waals surface area contributed by atoms with Gasteiger partial charge in [-0.1, -0.05) is 13.8 Å². The van der Waals surface area contributed by atoms with Crippen LogP contribution in [-0.2, 0) is 0 Å². The van der Waals surface area contributed by atoms with Crippen molar-refractivity contribution in [2.75, 3.05) is 0 Å². The van der Waals surface area contributed by atoms with Gasteiger partial charge in [0, 0.05) is 28.7 Å². The van der Waals surface area contributed by atoms with E-state index in [1.54, 1.807) is 12.1 Å². The Balaban J connectivity index is 0.000000606. The Morgan fingerprint density at radius 2 is 1.88 bits per heavy atom. The van der Waals surface area contributed by atoms with Crippen LogP contribution in [0.5, 0.6) is 0 Å². The molecule has 86 valence electrons. The molecule has 1 N–H and O–H groups in total. The highest BCUT2D eigenvalue weighted by Gasteiger charge is 2.09. The molecule has 0 unspecified atom stereocenters. The first kappa shape index (κ1) is 12.2. The largest absolute Gasteiger partial charge is 0.358 e. The zero-order valence-electron chi connectivity index (χ0n) is 10.00. The molecule has 2 aromatic rings. The van der Waals surface area contributed by atoms with Crippen LogP contribution in [0.3, 0.4) is 0 Å². The number of nitro benzene ring substituents is 1. The number of nitrogens with zero attached hydrogens (tertiary/aromatic N) is 1. The maximum absolute atomic E-state index is 10.6. The number of aromatic amines is 1. The molecule has 1 aromatic carbocycles. The number of hydrogen-bond donors (Lipinski definition) is 1. The number of hydrogen-bond acceptors (Lipinski definition) is 2. The van der Waals surface area contributed by atoms with Crippen LogP contribution in [0.4, 0.5) is 5.69 Å². The average molecular weight is 220 g/mol. The lowest BCUT2D eigenvalue weighted by Gasteiger charge is -1.92. The van der Waals surface area contributed by atoms with Crippen molar-refractivity contribution in [1.82, 2.24) is 4.98 Å². The SMILES string of the molecule is CC.Cc1[nH]c2ccc([N+](=O)[O-])cc2c1C. The van der Waals surface area contributed by atoms with E-state index < -0.39 is 0 Å². The molecule has 0 spiro atoms. The first-order valence-electron chi connectivity index (χ1n) is 5.33. The summed E-state index contributed by atoms with van der Waals surface area (Å²) in [7, 11) is 0.